The number of hydrogen-bond acceptors (Lipinski definition) is 8. The normalized spacial score (nSPS) is 17.3. The first-order chi connectivity index (χ1) is 17.4. The number of amides is 4. The van der Waals surface area contributed by atoms with Gasteiger partial charge in [0.05, 0.1) is 12.5 Å². The van der Waals surface area contributed by atoms with E-state index in [4.69, 9.17) is 16.6 Å². The molecule has 0 saturated carbocycles. The highest BCUT2D eigenvalue weighted by atomic mass is 16.4. The molecule has 0 bridgehead atoms. The molecule has 14 heteroatoms. The summed E-state index contributed by atoms with van der Waals surface area (Å²) in [6, 6.07) is 0.736. The average molecular weight is 522 g/mol. The Hall–Kier alpha value is -4.20. The monoisotopic (exact) mass is 521 g/mol. The van der Waals surface area contributed by atoms with Crippen molar-refractivity contribution in [3.63, 3.8) is 0 Å². The molecule has 37 heavy (non-hydrogen) atoms. The van der Waals surface area contributed by atoms with Crippen molar-refractivity contribution in [1.29, 1.82) is 0 Å². The first-order valence-corrected chi connectivity index (χ1v) is 11.6. The summed E-state index contributed by atoms with van der Waals surface area (Å²) >= 11 is 0. The molecule has 1 saturated heterocycles. The van der Waals surface area contributed by atoms with Crippen LogP contribution in [0.2, 0.25) is 0 Å². The standard InChI is InChI=1S/C23H31N5O9/c24-14(7-8-19(31)32)22(35)28-9-1-2-17(28)21(34)26-15(10-12-3-5-13(29)6-4-12)20(33)27-16(23(36)37)11-18(25)30/h3-6,14-17,29H,1-2,7-11,24H2,(H2,25,30)(H,26,34)(H,27,33)(H,31,32)(H,36,37). The SMILES string of the molecule is NC(=O)CC(NC(=O)C(Cc1ccc(O)cc1)NC(=O)C1CCCN1C(=O)C(N)CCC(=O)O)C(=O)O. The summed E-state index contributed by atoms with van der Waals surface area (Å²) < 4.78 is 0. The van der Waals surface area contributed by atoms with Crippen molar-refractivity contribution < 1.29 is 44.1 Å². The molecule has 4 unspecified atom stereocenters. The van der Waals surface area contributed by atoms with E-state index in [1.165, 1.54) is 29.2 Å². The van der Waals surface area contributed by atoms with Gasteiger partial charge in [-0.15, -0.1) is 0 Å². The predicted molar refractivity (Wildman–Crippen MR) is 127 cm³/mol. The number of nitrogens with two attached hydrogens (primary N) is 2. The number of carboxylic acid groups (broad SMARTS) is 2. The van der Waals surface area contributed by atoms with Crippen LogP contribution < -0.4 is 22.1 Å². The maximum atomic E-state index is 13.2. The molecule has 0 aliphatic carbocycles. The molecule has 1 aliphatic rings. The van der Waals surface area contributed by atoms with Crippen LogP contribution in [0.25, 0.3) is 0 Å². The Morgan fingerprint density at radius 2 is 1.68 bits per heavy atom. The number of aliphatic carboxylic acids is 2. The highest BCUT2D eigenvalue weighted by Gasteiger charge is 2.38. The van der Waals surface area contributed by atoms with Gasteiger partial charge < -0.3 is 42.3 Å². The summed E-state index contributed by atoms with van der Waals surface area (Å²) in [5.41, 5.74) is 11.4. The van der Waals surface area contributed by atoms with Crippen LogP contribution in [0.5, 0.6) is 5.75 Å². The third-order valence-electron chi connectivity index (χ3n) is 5.85. The number of carbonyl (C=O) groups is 6. The molecule has 1 aromatic carbocycles. The van der Waals surface area contributed by atoms with E-state index in [1.807, 2.05) is 0 Å². The van der Waals surface area contributed by atoms with Crippen LogP contribution in [0.15, 0.2) is 24.3 Å². The molecule has 9 N–H and O–H groups in total. The molecule has 1 aromatic rings. The van der Waals surface area contributed by atoms with Gasteiger partial charge in [-0.1, -0.05) is 12.1 Å². The molecule has 2 rings (SSSR count). The van der Waals surface area contributed by atoms with Crippen LogP contribution in [-0.2, 0) is 35.2 Å². The van der Waals surface area contributed by atoms with Crippen LogP contribution in [0.4, 0.5) is 0 Å². The van der Waals surface area contributed by atoms with E-state index in [1.54, 1.807) is 0 Å². The molecule has 0 radical (unpaired) electrons. The predicted octanol–water partition coefficient (Wildman–Crippen LogP) is -1.95. The lowest BCUT2D eigenvalue weighted by Crippen LogP contribution is -2.57. The fraction of sp³-hybridized carbons (Fsp3) is 0.478. The van der Waals surface area contributed by atoms with Crippen LogP contribution in [0, 0.1) is 0 Å². The van der Waals surface area contributed by atoms with Crippen molar-refractivity contribution in [2.45, 2.75) is 62.7 Å². The largest absolute Gasteiger partial charge is 0.508 e. The molecule has 1 aliphatic heterocycles. The zero-order valence-corrected chi connectivity index (χ0v) is 20.0. The number of aromatic hydroxyl groups is 1. The second kappa shape index (κ2) is 13.2. The number of carboxylic acids is 2. The third kappa shape index (κ3) is 8.75. The van der Waals surface area contributed by atoms with Gasteiger partial charge >= 0.3 is 11.9 Å². The van der Waals surface area contributed by atoms with Crippen LogP contribution in [0.3, 0.4) is 0 Å². The zero-order chi connectivity index (χ0) is 27.7. The topological polar surface area (TPSA) is 242 Å². The minimum Gasteiger partial charge on any atom is -0.508 e. The zero-order valence-electron chi connectivity index (χ0n) is 20.0. The summed E-state index contributed by atoms with van der Waals surface area (Å²) in [6.45, 7) is 0.215. The summed E-state index contributed by atoms with van der Waals surface area (Å²) in [4.78, 5) is 73.6. The van der Waals surface area contributed by atoms with E-state index >= 15 is 0 Å². The Kier molecular flexibility index (Phi) is 10.4. The van der Waals surface area contributed by atoms with Crippen molar-refractivity contribution in [3.8, 4) is 5.75 Å². The van der Waals surface area contributed by atoms with Gasteiger partial charge in [0.15, 0.2) is 0 Å². The van der Waals surface area contributed by atoms with Gasteiger partial charge in [-0.25, -0.2) is 4.79 Å². The molecule has 4 amide bonds. The van der Waals surface area contributed by atoms with Crippen molar-refractivity contribution in [3.05, 3.63) is 29.8 Å². The maximum absolute atomic E-state index is 13.2. The van der Waals surface area contributed by atoms with Crippen molar-refractivity contribution >= 4 is 35.6 Å². The number of carbonyl (C=O) groups excluding carboxylic acids is 4. The molecule has 0 spiro atoms. The molecular formula is C23H31N5O9. The highest BCUT2D eigenvalue weighted by molar-refractivity contribution is 5.95. The minimum atomic E-state index is -1.62. The van der Waals surface area contributed by atoms with Gasteiger partial charge in [-0.2, -0.15) is 0 Å². The van der Waals surface area contributed by atoms with E-state index in [0.717, 1.165) is 0 Å². The Bertz CT molecular complexity index is 1030. The van der Waals surface area contributed by atoms with Gasteiger partial charge in [0, 0.05) is 19.4 Å². The van der Waals surface area contributed by atoms with Gasteiger partial charge in [0.1, 0.15) is 23.9 Å². The summed E-state index contributed by atoms with van der Waals surface area (Å²) in [5.74, 6) is -5.76. The summed E-state index contributed by atoms with van der Waals surface area (Å²) in [7, 11) is 0. The Labute approximate surface area is 212 Å². The van der Waals surface area contributed by atoms with Crippen LogP contribution in [0.1, 0.15) is 37.7 Å². The van der Waals surface area contributed by atoms with Gasteiger partial charge in [-0.3, -0.25) is 24.0 Å². The smallest absolute Gasteiger partial charge is 0.326 e. The number of likely N-dealkylation sites (tertiary alicyclic amines) is 1. The van der Waals surface area contributed by atoms with Crippen molar-refractivity contribution in [1.82, 2.24) is 15.5 Å². The second-order valence-electron chi connectivity index (χ2n) is 8.73. The number of primary amides is 1. The molecule has 1 fully saturated rings. The molecule has 0 aromatic heterocycles. The molecule has 14 nitrogen and oxygen atoms in total. The first kappa shape index (κ1) is 29.0. The fourth-order valence-electron chi connectivity index (χ4n) is 3.94. The lowest BCUT2D eigenvalue weighted by molar-refractivity contribution is -0.144. The van der Waals surface area contributed by atoms with Gasteiger partial charge in [0.25, 0.3) is 0 Å². The third-order valence-corrected chi connectivity index (χ3v) is 5.85. The van der Waals surface area contributed by atoms with Gasteiger partial charge in [0.2, 0.25) is 23.6 Å². The van der Waals surface area contributed by atoms with Crippen molar-refractivity contribution in [2.24, 2.45) is 11.5 Å². The number of phenols is 1. The second-order valence-corrected chi connectivity index (χ2v) is 8.73. The Morgan fingerprint density at radius 3 is 2.24 bits per heavy atom. The van der Waals surface area contributed by atoms with Crippen molar-refractivity contribution in [2.75, 3.05) is 6.54 Å². The lowest BCUT2D eigenvalue weighted by atomic mass is 10.0. The van der Waals surface area contributed by atoms with E-state index < -0.39 is 66.2 Å². The number of rotatable bonds is 13. The minimum absolute atomic E-state index is 0.0273. The Balaban J connectivity index is 2.20. The van der Waals surface area contributed by atoms with E-state index in [-0.39, 0.29) is 38.0 Å². The molecule has 1 heterocycles. The molecule has 4 atom stereocenters. The molecule has 202 valence electrons. The molecular weight excluding hydrogens is 490 g/mol. The quantitative estimate of drug-likeness (QED) is 0.151. The lowest BCUT2D eigenvalue weighted by Gasteiger charge is -2.28. The van der Waals surface area contributed by atoms with Crippen LogP contribution >= 0.6 is 0 Å². The first-order valence-electron chi connectivity index (χ1n) is 11.6. The summed E-state index contributed by atoms with van der Waals surface area (Å²) in [5, 5.41) is 32.4. The van der Waals surface area contributed by atoms with Gasteiger partial charge in [-0.05, 0) is 37.0 Å². The number of benzene rings is 1. The fourth-order valence-corrected chi connectivity index (χ4v) is 3.94. The van der Waals surface area contributed by atoms with E-state index in [0.29, 0.717) is 12.0 Å². The average Bonchev–Trinajstić information content (AvgIpc) is 3.32. The Morgan fingerprint density at radius 1 is 1.03 bits per heavy atom. The number of nitrogens with zero attached hydrogens (tertiary/aromatic N) is 1. The van der Waals surface area contributed by atoms with Crippen LogP contribution in [-0.4, -0.2) is 86.5 Å². The van der Waals surface area contributed by atoms with E-state index in [2.05, 4.69) is 10.6 Å². The number of nitrogens with one attached hydrogen (secondary N) is 2. The highest BCUT2D eigenvalue weighted by Crippen LogP contribution is 2.20. The summed E-state index contributed by atoms with van der Waals surface area (Å²) in [6.07, 6.45) is -0.441. The maximum Gasteiger partial charge on any atom is 0.326 e. The number of phenolic OH excluding ortho intramolecular Hbond substituents is 1. The van der Waals surface area contributed by atoms with E-state index in [9.17, 15) is 39.0 Å². The number of hydrogen-bond donors (Lipinski definition) is 7.